The van der Waals surface area contributed by atoms with Crippen LogP contribution in [0.5, 0.6) is 0 Å². The lowest BCUT2D eigenvalue weighted by atomic mass is 9.99. The molecule has 3 atom stereocenters. The molecule has 4 N–H and O–H groups in total. The van der Waals surface area contributed by atoms with Gasteiger partial charge in [-0.2, -0.15) is 0 Å². The molecule has 1 aliphatic rings. The number of hydrogen-bond donors (Lipinski definition) is 4. The third-order valence-electron chi connectivity index (χ3n) is 8.38. The van der Waals surface area contributed by atoms with Crippen LogP contribution in [0.2, 0.25) is 0 Å². The van der Waals surface area contributed by atoms with E-state index in [2.05, 4.69) is 20.9 Å². The minimum Gasteiger partial charge on any atom is -0.480 e. The number of nitrogens with zero attached hydrogens (tertiary/aromatic N) is 2. The lowest BCUT2D eigenvalue weighted by Gasteiger charge is -2.30. The summed E-state index contributed by atoms with van der Waals surface area (Å²) >= 11 is 0. The van der Waals surface area contributed by atoms with Crippen molar-refractivity contribution in [3.8, 4) is 0 Å². The van der Waals surface area contributed by atoms with E-state index in [4.69, 9.17) is 4.74 Å². The van der Waals surface area contributed by atoms with E-state index in [1.54, 1.807) is 38.2 Å². The molecule has 2 heterocycles. The Morgan fingerprint density at radius 3 is 2.23 bits per heavy atom. The summed E-state index contributed by atoms with van der Waals surface area (Å²) in [5, 5.41) is 17.7. The maximum Gasteiger partial charge on any atom is 0.328 e. The number of carbonyl (C=O) groups is 4. The lowest BCUT2D eigenvalue weighted by molar-refractivity contribution is -0.139. The summed E-state index contributed by atoms with van der Waals surface area (Å²) in [5.41, 5.74) is 2.67. The normalized spacial score (nSPS) is 17.4. The number of aryl methyl sites for hydroxylation is 3. The van der Waals surface area contributed by atoms with Gasteiger partial charge in [-0.1, -0.05) is 23.8 Å². The Balaban J connectivity index is 1.66. The van der Waals surface area contributed by atoms with Crippen LogP contribution in [0.25, 0.3) is 0 Å². The predicted octanol–water partition coefficient (Wildman–Crippen LogP) is 0.600. The molecule has 48 heavy (non-hydrogen) atoms. The summed E-state index contributed by atoms with van der Waals surface area (Å²) < 4.78 is 53.4. The van der Waals surface area contributed by atoms with Crippen molar-refractivity contribution in [1.29, 1.82) is 0 Å². The molecule has 1 fully saturated rings. The van der Waals surface area contributed by atoms with Crippen molar-refractivity contribution >= 4 is 49.2 Å². The molecule has 3 rings (SSSR count). The van der Waals surface area contributed by atoms with Gasteiger partial charge in [0.2, 0.25) is 11.8 Å². The number of nitrogens with one attached hydrogen (secondary N) is 3. The number of amides is 3. The predicted molar refractivity (Wildman–Crippen MR) is 178 cm³/mol. The summed E-state index contributed by atoms with van der Waals surface area (Å²) in [6, 6.07) is 6.80. The van der Waals surface area contributed by atoms with E-state index in [1.165, 1.54) is 4.90 Å². The topological polar surface area (TPSA) is 218 Å². The summed E-state index contributed by atoms with van der Waals surface area (Å²) in [6.45, 7) is 5.56. The molecule has 3 unspecified atom stereocenters. The van der Waals surface area contributed by atoms with E-state index in [0.29, 0.717) is 22.5 Å². The van der Waals surface area contributed by atoms with Crippen LogP contribution in [-0.2, 0) is 38.8 Å². The van der Waals surface area contributed by atoms with Crippen molar-refractivity contribution in [2.75, 3.05) is 44.1 Å². The molecule has 1 aliphatic heterocycles. The smallest absolute Gasteiger partial charge is 0.328 e. The van der Waals surface area contributed by atoms with Crippen molar-refractivity contribution in [2.45, 2.75) is 62.8 Å². The molecule has 15 nitrogen and oxygen atoms in total. The highest BCUT2D eigenvalue weighted by molar-refractivity contribution is 8.09. The number of rotatable bonds is 15. The Hall–Kier alpha value is -4.09. The van der Waals surface area contributed by atoms with Gasteiger partial charge in [0.1, 0.15) is 18.5 Å². The van der Waals surface area contributed by atoms with E-state index in [9.17, 15) is 41.1 Å². The SMILES string of the molecule is Cc1cc(C)c(C(=O)NC(CNC(=O)COC2CC(CNc3ccccn3)N(C(=O)CC(C)(S(C)(=O)=O)S(C)(=O)=O)C2)C(=O)O)c(C)c1. The Labute approximate surface area is 280 Å². The first-order valence-electron chi connectivity index (χ1n) is 15.1. The number of hydrogen-bond acceptors (Lipinski definition) is 11. The van der Waals surface area contributed by atoms with Gasteiger partial charge in [0, 0.05) is 43.9 Å². The number of carboxylic acid groups (broad SMARTS) is 1. The van der Waals surface area contributed by atoms with E-state index in [1.807, 2.05) is 19.1 Å². The maximum absolute atomic E-state index is 13.5. The van der Waals surface area contributed by atoms with E-state index < -0.39 is 85.2 Å². The van der Waals surface area contributed by atoms with E-state index in [-0.39, 0.29) is 19.5 Å². The summed E-state index contributed by atoms with van der Waals surface area (Å²) in [5.74, 6) is -2.83. The Bertz CT molecular complexity index is 1690. The van der Waals surface area contributed by atoms with Crippen LogP contribution in [0.15, 0.2) is 36.5 Å². The molecular formula is C31H43N5O10S2. The van der Waals surface area contributed by atoms with Crippen LogP contribution in [0.4, 0.5) is 5.82 Å². The highest BCUT2D eigenvalue weighted by atomic mass is 32.3. The number of carbonyl (C=O) groups excluding carboxylic acids is 3. The van der Waals surface area contributed by atoms with E-state index >= 15 is 0 Å². The number of pyridine rings is 1. The number of ether oxygens (including phenoxy) is 1. The molecule has 2 aromatic rings. The fourth-order valence-corrected chi connectivity index (χ4v) is 8.50. The second kappa shape index (κ2) is 15.4. The van der Waals surface area contributed by atoms with Gasteiger partial charge in [0.05, 0.1) is 18.6 Å². The summed E-state index contributed by atoms with van der Waals surface area (Å²) in [4.78, 5) is 56.4. The van der Waals surface area contributed by atoms with Crippen molar-refractivity contribution in [2.24, 2.45) is 0 Å². The third kappa shape index (κ3) is 9.50. The quantitative estimate of drug-likeness (QED) is 0.200. The number of benzene rings is 1. The fraction of sp³-hybridized carbons (Fsp3) is 0.516. The Kier molecular flexibility index (Phi) is 12.3. The molecular weight excluding hydrogens is 667 g/mol. The minimum atomic E-state index is -4.22. The molecule has 17 heteroatoms. The van der Waals surface area contributed by atoms with Crippen LogP contribution < -0.4 is 16.0 Å². The van der Waals surface area contributed by atoms with Crippen LogP contribution in [-0.4, -0.2) is 117 Å². The van der Waals surface area contributed by atoms with Gasteiger partial charge in [-0.3, -0.25) is 14.4 Å². The summed E-state index contributed by atoms with van der Waals surface area (Å²) in [7, 11) is -8.43. The number of aromatic nitrogens is 1. The molecule has 0 aliphatic carbocycles. The van der Waals surface area contributed by atoms with Crippen LogP contribution in [0.3, 0.4) is 0 Å². The molecule has 1 aromatic heterocycles. The molecule has 0 bridgehead atoms. The molecule has 0 radical (unpaired) electrons. The van der Waals surface area contributed by atoms with Crippen molar-refractivity contribution in [3.63, 3.8) is 0 Å². The van der Waals surface area contributed by atoms with Crippen LogP contribution in [0, 0.1) is 20.8 Å². The number of carboxylic acids is 1. The van der Waals surface area contributed by atoms with Crippen LogP contribution in [0.1, 0.15) is 46.8 Å². The number of aliphatic carboxylic acids is 1. The number of sulfone groups is 2. The Morgan fingerprint density at radius 1 is 1.06 bits per heavy atom. The van der Waals surface area contributed by atoms with Gasteiger partial charge in [-0.25, -0.2) is 26.6 Å². The van der Waals surface area contributed by atoms with Gasteiger partial charge in [0.15, 0.2) is 23.8 Å². The van der Waals surface area contributed by atoms with Gasteiger partial charge in [-0.05, 0) is 57.4 Å². The molecule has 1 saturated heterocycles. The second-order valence-corrected chi connectivity index (χ2v) is 17.4. The average Bonchev–Trinajstić information content (AvgIpc) is 3.39. The molecule has 264 valence electrons. The van der Waals surface area contributed by atoms with Gasteiger partial charge in [-0.15, -0.1) is 0 Å². The third-order valence-corrected chi connectivity index (χ3v) is 13.6. The van der Waals surface area contributed by atoms with Gasteiger partial charge >= 0.3 is 5.97 Å². The van der Waals surface area contributed by atoms with Crippen LogP contribution >= 0.6 is 0 Å². The molecule has 3 amide bonds. The van der Waals surface area contributed by atoms with Gasteiger partial charge < -0.3 is 30.7 Å². The molecule has 0 saturated carbocycles. The van der Waals surface area contributed by atoms with E-state index in [0.717, 1.165) is 25.0 Å². The van der Waals surface area contributed by atoms with Gasteiger partial charge in [0.25, 0.3) is 5.91 Å². The lowest BCUT2D eigenvalue weighted by Crippen LogP contribution is -2.49. The molecule has 1 aromatic carbocycles. The first-order chi connectivity index (χ1) is 22.2. The van der Waals surface area contributed by atoms with Crippen molar-refractivity contribution in [1.82, 2.24) is 20.5 Å². The zero-order valence-electron chi connectivity index (χ0n) is 27.8. The second-order valence-electron chi connectivity index (χ2n) is 12.3. The number of anilines is 1. The van der Waals surface area contributed by atoms with Crippen molar-refractivity contribution in [3.05, 3.63) is 58.8 Å². The standard InChI is InChI=1S/C31H43N5O10S2/c1-19-11-20(2)28(21(3)12-19)29(39)35-24(30(40)41)16-34-26(37)18-46-23-13-22(15-33-25-9-7-8-10-32-25)36(17-23)27(38)14-31(4,47(5,42)43)48(6,44)45/h7-12,22-24H,13-18H2,1-6H3,(H,32,33)(H,34,37)(H,35,39)(H,40,41). The number of likely N-dealkylation sites (tertiary alicyclic amines) is 1. The van der Waals surface area contributed by atoms with Crippen molar-refractivity contribution < 1.29 is 45.9 Å². The molecule has 0 spiro atoms. The minimum absolute atomic E-state index is 0.0622. The zero-order chi connectivity index (χ0) is 36.0. The monoisotopic (exact) mass is 709 g/mol. The highest BCUT2D eigenvalue weighted by Gasteiger charge is 2.49. The fourth-order valence-electron chi connectivity index (χ4n) is 5.53. The largest absolute Gasteiger partial charge is 0.480 e. The first-order valence-corrected chi connectivity index (χ1v) is 18.8. The first kappa shape index (κ1) is 38.4. The highest BCUT2D eigenvalue weighted by Crippen LogP contribution is 2.31. The zero-order valence-corrected chi connectivity index (χ0v) is 29.4. The summed E-state index contributed by atoms with van der Waals surface area (Å²) in [6.07, 6.45) is 1.80. The Morgan fingerprint density at radius 2 is 1.69 bits per heavy atom. The maximum atomic E-state index is 13.5. The average molecular weight is 710 g/mol.